The van der Waals surface area contributed by atoms with Crippen molar-refractivity contribution in [1.29, 1.82) is 0 Å². The van der Waals surface area contributed by atoms with Crippen LogP contribution in [0.2, 0.25) is 0 Å². The van der Waals surface area contributed by atoms with Crippen LogP contribution in [0.15, 0.2) is 47.5 Å². The summed E-state index contributed by atoms with van der Waals surface area (Å²) in [5, 5.41) is 10.1. The first-order valence-corrected chi connectivity index (χ1v) is 9.71. The number of H-pyrrole nitrogens is 2. The third kappa shape index (κ3) is 2.92. The maximum absolute atomic E-state index is 13.0. The summed E-state index contributed by atoms with van der Waals surface area (Å²) in [4.78, 5) is 37.9. The van der Waals surface area contributed by atoms with Crippen molar-refractivity contribution < 1.29 is 9.90 Å². The lowest BCUT2D eigenvalue weighted by molar-refractivity contribution is 0.0680. The predicted octanol–water partition coefficient (Wildman–Crippen LogP) is 2.18. The number of nitrogens with zero attached hydrogens (tertiary/aromatic N) is 3. The van der Waals surface area contributed by atoms with Crippen LogP contribution in [-0.2, 0) is 6.61 Å². The zero-order valence-electron chi connectivity index (χ0n) is 15.8. The van der Waals surface area contributed by atoms with Gasteiger partial charge in [0.1, 0.15) is 5.65 Å². The largest absolute Gasteiger partial charge is 0.392 e. The van der Waals surface area contributed by atoms with Crippen LogP contribution in [0.3, 0.4) is 0 Å². The molecule has 4 heterocycles. The van der Waals surface area contributed by atoms with Gasteiger partial charge in [0.2, 0.25) is 0 Å². The molecule has 0 saturated carbocycles. The van der Waals surface area contributed by atoms with E-state index in [2.05, 4.69) is 15.0 Å². The zero-order chi connectivity index (χ0) is 20.0. The molecule has 8 heteroatoms. The highest BCUT2D eigenvalue weighted by atomic mass is 16.3. The smallest absolute Gasteiger partial charge is 0.326 e. The second-order valence-electron chi connectivity index (χ2n) is 7.46. The Hall–Kier alpha value is -3.39. The Morgan fingerprint density at radius 2 is 2.07 bits per heavy atom. The average Bonchev–Trinajstić information content (AvgIpc) is 3.36. The van der Waals surface area contributed by atoms with E-state index in [0.29, 0.717) is 24.2 Å². The lowest BCUT2D eigenvalue weighted by Crippen LogP contribution is -2.42. The number of rotatable bonds is 3. The minimum Gasteiger partial charge on any atom is -0.392 e. The quantitative estimate of drug-likeness (QED) is 0.497. The summed E-state index contributed by atoms with van der Waals surface area (Å²) >= 11 is 0. The highest BCUT2D eigenvalue weighted by molar-refractivity contribution is 6.01. The predicted molar refractivity (Wildman–Crippen MR) is 109 cm³/mol. The number of aliphatic hydroxyl groups excluding tert-OH is 1. The van der Waals surface area contributed by atoms with Crippen molar-refractivity contribution in [2.75, 3.05) is 13.1 Å². The lowest BCUT2D eigenvalue weighted by Gasteiger charge is -2.33. The van der Waals surface area contributed by atoms with E-state index in [0.717, 1.165) is 35.0 Å². The number of likely N-dealkylation sites (tertiary alicyclic amines) is 1. The molecule has 1 fully saturated rings. The van der Waals surface area contributed by atoms with Crippen LogP contribution in [0.25, 0.3) is 22.1 Å². The van der Waals surface area contributed by atoms with Gasteiger partial charge >= 0.3 is 5.69 Å². The number of imidazole rings is 1. The van der Waals surface area contributed by atoms with E-state index < -0.39 is 0 Å². The first-order chi connectivity index (χ1) is 14.2. The number of aliphatic hydroxyl groups is 1. The number of amides is 1. The van der Waals surface area contributed by atoms with Crippen LogP contribution in [0.1, 0.15) is 34.8 Å². The molecule has 3 aromatic heterocycles. The Labute approximate surface area is 165 Å². The number of benzene rings is 1. The molecule has 1 aliphatic rings. The number of hydrogen-bond acceptors (Lipinski definition) is 4. The fourth-order valence-electron chi connectivity index (χ4n) is 4.26. The molecule has 29 heavy (non-hydrogen) atoms. The van der Waals surface area contributed by atoms with Crippen molar-refractivity contribution in [1.82, 2.24) is 24.4 Å². The molecule has 1 atom stereocenters. The van der Waals surface area contributed by atoms with Crippen LogP contribution in [0, 0.1) is 0 Å². The van der Waals surface area contributed by atoms with E-state index in [1.165, 1.54) is 0 Å². The molecule has 1 aromatic carbocycles. The summed E-state index contributed by atoms with van der Waals surface area (Å²) in [5.74, 6) is -0.0551. The molecular weight excluding hydrogens is 370 g/mol. The van der Waals surface area contributed by atoms with Gasteiger partial charge in [-0.2, -0.15) is 0 Å². The van der Waals surface area contributed by atoms with Crippen LogP contribution in [0.4, 0.5) is 0 Å². The van der Waals surface area contributed by atoms with Gasteiger partial charge in [0.05, 0.1) is 29.9 Å². The molecule has 0 unspecified atom stereocenters. The fraction of sp³-hybridized carbons (Fsp3) is 0.286. The number of nitrogens with one attached hydrogen (secondary N) is 2. The normalized spacial score (nSPS) is 17.3. The van der Waals surface area contributed by atoms with Crippen molar-refractivity contribution in [3.63, 3.8) is 0 Å². The van der Waals surface area contributed by atoms with E-state index in [4.69, 9.17) is 0 Å². The highest BCUT2D eigenvalue weighted by Gasteiger charge is 2.28. The van der Waals surface area contributed by atoms with Crippen LogP contribution in [-0.4, -0.2) is 48.5 Å². The van der Waals surface area contributed by atoms with Gasteiger partial charge in [0, 0.05) is 30.2 Å². The van der Waals surface area contributed by atoms with Crippen molar-refractivity contribution >= 4 is 28.0 Å². The minimum atomic E-state index is -0.179. The topological polar surface area (TPSA) is 107 Å². The molecule has 5 rings (SSSR count). The Balaban J connectivity index is 1.49. The van der Waals surface area contributed by atoms with Gasteiger partial charge in [-0.3, -0.25) is 9.36 Å². The highest BCUT2D eigenvalue weighted by Crippen LogP contribution is 2.28. The first-order valence-electron chi connectivity index (χ1n) is 9.71. The van der Waals surface area contributed by atoms with E-state index >= 15 is 0 Å². The Kier molecular flexibility index (Phi) is 4.21. The monoisotopic (exact) mass is 391 g/mol. The Morgan fingerprint density at radius 3 is 2.86 bits per heavy atom. The summed E-state index contributed by atoms with van der Waals surface area (Å²) in [6, 6.07) is 8.81. The van der Waals surface area contributed by atoms with Crippen LogP contribution < -0.4 is 5.69 Å². The number of piperidine rings is 1. The minimum absolute atomic E-state index is 0.0494. The Morgan fingerprint density at radius 1 is 1.24 bits per heavy atom. The maximum atomic E-state index is 13.0. The molecule has 4 aromatic rings. The third-order valence-corrected chi connectivity index (χ3v) is 5.69. The van der Waals surface area contributed by atoms with Gasteiger partial charge in [-0.15, -0.1) is 0 Å². The summed E-state index contributed by atoms with van der Waals surface area (Å²) in [6.45, 7) is 1.09. The average molecular weight is 391 g/mol. The molecular formula is C21H21N5O3. The number of hydrogen-bond donors (Lipinski definition) is 3. The lowest BCUT2D eigenvalue weighted by atomic mass is 10.0. The fourth-order valence-corrected chi connectivity index (χ4v) is 4.26. The SMILES string of the molecule is O=C(c1ccc(CO)cc1)N1CCC[C@@H](n2c(=O)[nH]c3cnc4[nH]ccc4c32)C1. The van der Waals surface area contributed by atoms with E-state index in [1.54, 1.807) is 35.0 Å². The molecule has 3 N–H and O–H groups in total. The van der Waals surface area contributed by atoms with Gasteiger partial charge < -0.3 is 20.0 Å². The molecule has 148 valence electrons. The molecule has 1 aliphatic heterocycles. The molecule has 0 aliphatic carbocycles. The van der Waals surface area contributed by atoms with Crippen molar-refractivity contribution in [2.45, 2.75) is 25.5 Å². The second-order valence-corrected chi connectivity index (χ2v) is 7.46. The number of carbonyl (C=O) groups excluding carboxylic acids is 1. The summed E-state index contributed by atoms with van der Waals surface area (Å²) in [7, 11) is 0. The van der Waals surface area contributed by atoms with Gasteiger partial charge in [-0.05, 0) is 36.6 Å². The molecule has 1 amide bonds. The molecule has 0 bridgehead atoms. The van der Waals surface area contributed by atoms with Crippen molar-refractivity contribution in [2.24, 2.45) is 0 Å². The Bertz CT molecular complexity index is 1250. The number of aromatic amines is 2. The first kappa shape index (κ1) is 17.7. The molecule has 1 saturated heterocycles. The number of fused-ring (bicyclic) bond motifs is 3. The van der Waals surface area contributed by atoms with E-state index in [9.17, 15) is 14.7 Å². The standard InChI is InChI=1S/C21H21N5O3/c27-12-13-3-5-14(6-4-13)20(28)25-9-1-2-15(11-25)26-18-16-7-8-22-19(16)23-10-17(18)24-21(26)29/h3-8,10,15,27H,1-2,9,11-12H2,(H,22,23)(H,24,29)/t15-/m1/s1. The van der Waals surface area contributed by atoms with Gasteiger partial charge in [-0.1, -0.05) is 12.1 Å². The molecule has 0 radical (unpaired) electrons. The van der Waals surface area contributed by atoms with E-state index in [-0.39, 0.29) is 24.2 Å². The van der Waals surface area contributed by atoms with Gasteiger partial charge in [0.25, 0.3) is 5.91 Å². The maximum Gasteiger partial charge on any atom is 0.326 e. The van der Waals surface area contributed by atoms with Crippen molar-refractivity contribution in [3.05, 3.63) is 64.3 Å². The zero-order valence-corrected chi connectivity index (χ0v) is 15.8. The molecule has 8 nitrogen and oxygen atoms in total. The number of pyridine rings is 1. The van der Waals surface area contributed by atoms with Gasteiger partial charge in [-0.25, -0.2) is 9.78 Å². The summed E-state index contributed by atoms with van der Waals surface area (Å²) < 4.78 is 1.78. The van der Waals surface area contributed by atoms with Crippen LogP contribution >= 0.6 is 0 Å². The molecule has 0 spiro atoms. The van der Waals surface area contributed by atoms with E-state index in [1.807, 2.05) is 17.2 Å². The summed E-state index contributed by atoms with van der Waals surface area (Å²) in [5.41, 5.74) is 3.44. The van der Waals surface area contributed by atoms with Crippen LogP contribution in [0.5, 0.6) is 0 Å². The second kappa shape index (κ2) is 6.89. The van der Waals surface area contributed by atoms with Gasteiger partial charge in [0.15, 0.2) is 0 Å². The number of carbonyl (C=O) groups is 1. The summed E-state index contributed by atoms with van der Waals surface area (Å²) in [6.07, 6.45) is 5.13. The number of aromatic nitrogens is 4. The van der Waals surface area contributed by atoms with Crippen molar-refractivity contribution in [3.8, 4) is 0 Å². The third-order valence-electron chi connectivity index (χ3n) is 5.69.